The second-order valence-corrected chi connectivity index (χ2v) is 5.04. The van der Waals surface area contributed by atoms with Crippen LogP contribution in [-0.4, -0.2) is 37.1 Å². The molecule has 0 radical (unpaired) electrons. The van der Waals surface area contributed by atoms with Crippen molar-refractivity contribution in [2.24, 2.45) is 0 Å². The van der Waals surface area contributed by atoms with Gasteiger partial charge in [-0.15, -0.1) is 0 Å². The number of carbonyl (C=O) groups is 1. The predicted molar refractivity (Wildman–Crippen MR) is 78.9 cm³/mol. The van der Waals surface area contributed by atoms with E-state index in [2.05, 4.69) is 0 Å². The third kappa shape index (κ3) is 3.75. The van der Waals surface area contributed by atoms with Gasteiger partial charge in [-0.3, -0.25) is 4.79 Å². The van der Waals surface area contributed by atoms with Crippen LogP contribution < -0.4 is 5.73 Å². The van der Waals surface area contributed by atoms with Crippen LogP contribution in [0.15, 0.2) is 12.1 Å². The quantitative estimate of drug-likeness (QED) is 0.851. The molecular weight excluding hydrogens is 287 g/mol. The van der Waals surface area contributed by atoms with Crippen LogP contribution in [0.2, 0.25) is 10.0 Å². The maximum atomic E-state index is 12.4. The summed E-state index contributed by atoms with van der Waals surface area (Å²) in [5.41, 5.74) is 6.45. The van der Waals surface area contributed by atoms with E-state index in [4.69, 9.17) is 33.7 Å². The standard InChI is InChI=1S/C13H18Cl2N2O2/c1-4-17(8(2)7-19-3)13(18)9-5-10(14)12(15)11(16)6-9/h5-6,8H,4,7,16H2,1-3H3. The molecule has 1 rings (SSSR count). The predicted octanol–water partition coefficient (Wildman–Crippen LogP) is 3.07. The molecule has 0 aromatic heterocycles. The molecule has 0 heterocycles. The van der Waals surface area contributed by atoms with Crippen LogP contribution in [-0.2, 0) is 4.74 Å². The zero-order chi connectivity index (χ0) is 14.6. The van der Waals surface area contributed by atoms with Gasteiger partial charge >= 0.3 is 0 Å². The Labute approximate surface area is 123 Å². The molecule has 19 heavy (non-hydrogen) atoms. The van der Waals surface area contributed by atoms with Gasteiger partial charge in [0.1, 0.15) is 0 Å². The highest BCUT2D eigenvalue weighted by atomic mass is 35.5. The minimum atomic E-state index is -0.141. The Bertz CT molecular complexity index is 443. The largest absolute Gasteiger partial charge is 0.397 e. The highest BCUT2D eigenvalue weighted by Gasteiger charge is 2.21. The molecule has 0 bridgehead atoms. The molecule has 1 atom stereocenters. The SMILES string of the molecule is CCN(C(=O)c1cc(N)c(Cl)c(Cl)c1)C(C)COC. The molecular formula is C13H18Cl2N2O2. The van der Waals surface area contributed by atoms with Gasteiger partial charge in [0.15, 0.2) is 0 Å². The minimum Gasteiger partial charge on any atom is -0.397 e. The minimum absolute atomic E-state index is 0.0295. The van der Waals surface area contributed by atoms with Crippen molar-refractivity contribution in [2.45, 2.75) is 19.9 Å². The van der Waals surface area contributed by atoms with Crippen LogP contribution in [0.5, 0.6) is 0 Å². The first-order valence-electron chi connectivity index (χ1n) is 5.96. The summed E-state index contributed by atoms with van der Waals surface area (Å²) in [5.74, 6) is -0.141. The average molecular weight is 305 g/mol. The Morgan fingerprint density at radius 2 is 2.11 bits per heavy atom. The van der Waals surface area contributed by atoms with Crippen molar-refractivity contribution in [3.63, 3.8) is 0 Å². The Morgan fingerprint density at radius 3 is 2.58 bits per heavy atom. The van der Waals surface area contributed by atoms with E-state index in [1.54, 1.807) is 18.1 Å². The van der Waals surface area contributed by atoms with Gasteiger partial charge in [0.25, 0.3) is 5.91 Å². The van der Waals surface area contributed by atoms with Crippen molar-refractivity contribution in [3.8, 4) is 0 Å². The number of anilines is 1. The molecule has 1 unspecified atom stereocenters. The zero-order valence-electron chi connectivity index (χ0n) is 11.2. The molecule has 0 saturated heterocycles. The number of rotatable bonds is 5. The van der Waals surface area contributed by atoms with Gasteiger partial charge < -0.3 is 15.4 Å². The molecule has 2 N–H and O–H groups in total. The van der Waals surface area contributed by atoms with Crippen molar-refractivity contribution in [2.75, 3.05) is 26.0 Å². The number of amides is 1. The van der Waals surface area contributed by atoms with Crippen LogP contribution in [0.4, 0.5) is 5.69 Å². The average Bonchev–Trinajstić information content (AvgIpc) is 2.36. The summed E-state index contributed by atoms with van der Waals surface area (Å²) in [5, 5.41) is 0.548. The van der Waals surface area contributed by atoms with E-state index in [0.717, 1.165) is 0 Å². The van der Waals surface area contributed by atoms with Gasteiger partial charge in [0.05, 0.1) is 28.4 Å². The van der Waals surface area contributed by atoms with Gasteiger partial charge in [-0.25, -0.2) is 0 Å². The highest BCUT2D eigenvalue weighted by molar-refractivity contribution is 6.43. The van der Waals surface area contributed by atoms with E-state index in [0.29, 0.717) is 24.4 Å². The van der Waals surface area contributed by atoms with Crippen molar-refractivity contribution in [1.29, 1.82) is 0 Å². The molecule has 0 aliphatic heterocycles. The van der Waals surface area contributed by atoms with E-state index >= 15 is 0 Å². The molecule has 0 aliphatic carbocycles. The Balaban J connectivity index is 3.04. The molecule has 1 aromatic rings. The number of carbonyl (C=O) groups excluding carboxylic acids is 1. The summed E-state index contributed by atoms with van der Waals surface area (Å²) >= 11 is 11.8. The van der Waals surface area contributed by atoms with Crippen molar-refractivity contribution in [3.05, 3.63) is 27.7 Å². The normalized spacial score (nSPS) is 12.3. The number of nitrogen functional groups attached to an aromatic ring is 1. The Kier molecular flexibility index (Phi) is 5.91. The van der Waals surface area contributed by atoms with Crippen LogP contribution in [0.3, 0.4) is 0 Å². The second-order valence-electron chi connectivity index (χ2n) is 4.26. The van der Waals surface area contributed by atoms with Crippen LogP contribution >= 0.6 is 23.2 Å². The Morgan fingerprint density at radius 1 is 1.47 bits per heavy atom. The molecule has 0 fully saturated rings. The van der Waals surface area contributed by atoms with E-state index in [-0.39, 0.29) is 22.0 Å². The number of halogens is 2. The highest BCUT2D eigenvalue weighted by Crippen LogP contribution is 2.30. The number of ether oxygens (including phenoxy) is 1. The van der Waals surface area contributed by atoms with Gasteiger partial charge in [-0.2, -0.15) is 0 Å². The zero-order valence-corrected chi connectivity index (χ0v) is 12.8. The first-order valence-corrected chi connectivity index (χ1v) is 6.72. The lowest BCUT2D eigenvalue weighted by Crippen LogP contribution is -2.40. The topological polar surface area (TPSA) is 55.6 Å². The van der Waals surface area contributed by atoms with Crippen LogP contribution in [0, 0.1) is 0 Å². The summed E-state index contributed by atoms with van der Waals surface area (Å²) in [6, 6.07) is 3.04. The number of nitrogens with zero attached hydrogens (tertiary/aromatic N) is 1. The lowest BCUT2D eigenvalue weighted by molar-refractivity contribution is 0.0579. The fourth-order valence-corrected chi connectivity index (χ4v) is 2.22. The van der Waals surface area contributed by atoms with E-state index in [9.17, 15) is 4.79 Å². The number of hydrogen-bond acceptors (Lipinski definition) is 3. The fourth-order valence-electron chi connectivity index (χ4n) is 1.89. The third-order valence-electron chi connectivity index (χ3n) is 2.84. The summed E-state index contributed by atoms with van der Waals surface area (Å²) in [6.45, 7) is 4.87. The van der Waals surface area contributed by atoms with Crippen molar-refractivity contribution >= 4 is 34.8 Å². The molecule has 0 aliphatic rings. The van der Waals surface area contributed by atoms with Crippen LogP contribution in [0.25, 0.3) is 0 Å². The van der Waals surface area contributed by atoms with Crippen LogP contribution in [0.1, 0.15) is 24.2 Å². The first kappa shape index (κ1) is 16.1. The molecule has 6 heteroatoms. The van der Waals surface area contributed by atoms with E-state index < -0.39 is 0 Å². The fraction of sp³-hybridized carbons (Fsp3) is 0.462. The number of likely N-dealkylation sites (N-methyl/N-ethyl adjacent to an activating group) is 1. The van der Waals surface area contributed by atoms with Gasteiger partial charge in [-0.1, -0.05) is 23.2 Å². The van der Waals surface area contributed by atoms with E-state index in [1.807, 2.05) is 13.8 Å². The smallest absolute Gasteiger partial charge is 0.254 e. The number of nitrogens with two attached hydrogens (primary N) is 1. The van der Waals surface area contributed by atoms with E-state index in [1.165, 1.54) is 6.07 Å². The van der Waals surface area contributed by atoms with Crippen molar-refractivity contribution in [1.82, 2.24) is 4.90 Å². The molecule has 0 spiro atoms. The number of hydrogen-bond donors (Lipinski definition) is 1. The maximum absolute atomic E-state index is 12.4. The van der Waals surface area contributed by atoms with Gasteiger partial charge in [0.2, 0.25) is 0 Å². The van der Waals surface area contributed by atoms with Crippen molar-refractivity contribution < 1.29 is 9.53 Å². The molecule has 1 amide bonds. The number of benzene rings is 1. The molecule has 1 aromatic carbocycles. The molecule has 4 nitrogen and oxygen atoms in total. The summed E-state index contributed by atoms with van der Waals surface area (Å²) in [6.07, 6.45) is 0. The lowest BCUT2D eigenvalue weighted by Gasteiger charge is -2.27. The lowest BCUT2D eigenvalue weighted by atomic mass is 10.1. The molecule has 0 saturated carbocycles. The molecule has 106 valence electrons. The number of methoxy groups -OCH3 is 1. The first-order chi connectivity index (χ1) is 8.92. The third-order valence-corrected chi connectivity index (χ3v) is 3.66. The van der Waals surface area contributed by atoms with Gasteiger partial charge in [0, 0.05) is 19.2 Å². The second kappa shape index (κ2) is 6.98. The summed E-state index contributed by atoms with van der Waals surface area (Å²) in [4.78, 5) is 14.1. The van der Waals surface area contributed by atoms with Gasteiger partial charge in [-0.05, 0) is 26.0 Å². The monoisotopic (exact) mass is 304 g/mol. The Hall–Kier alpha value is -0.970. The summed E-state index contributed by atoms with van der Waals surface area (Å²) < 4.78 is 5.07. The maximum Gasteiger partial charge on any atom is 0.254 e. The summed E-state index contributed by atoms with van der Waals surface area (Å²) in [7, 11) is 1.60.